The molecule has 2 aromatic rings. The fourth-order valence-corrected chi connectivity index (χ4v) is 5.55. The summed E-state index contributed by atoms with van der Waals surface area (Å²) >= 11 is 1.56. The lowest BCUT2D eigenvalue weighted by Crippen LogP contribution is -2.52. The Hall–Kier alpha value is -1.83. The lowest BCUT2D eigenvalue weighted by Gasteiger charge is -2.35. The van der Waals surface area contributed by atoms with Crippen LogP contribution in [0.25, 0.3) is 10.4 Å². The monoisotopic (exact) mass is 422 g/mol. The second-order valence-electron chi connectivity index (χ2n) is 6.66. The first-order valence-corrected chi connectivity index (χ1v) is 11.3. The van der Waals surface area contributed by atoms with Crippen LogP contribution in [-0.2, 0) is 16.8 Å². The number of hydrogen-bond acceptors (Lipinski definition) is 5. The molecule has 1 saturated heterocycles. The third-order valence-corrected chi connectivity index (χ3v) is 7.86. The molecule has 1 aliphatic rings. The van der Waals surface area contributed by atoms with Gasteiger partial charge in [-0.25, -0.2) is 4.39 Å². The third-order valence-electron chi connectivity index (χ3n) is 4.77. The summed E-state index contributed by atoms with van der Waals surface area (Å²) in [7, 11) is -2.01. The largest absolute Gasteiger partial charge is 0.296 e. The molecule has 0 N–H and O–H groups in total. The normalized spacial score (nSPS) is 16.4. The van der Waals surface area contributed by atoms with Crippen molar-refractivity contribution in [1.82, 2.24) is 13.5 Å². The lowest BCUT2D eigenvalue weighted by atomic mass is 10.2. The van der Waals surface area contributed by atoms with Crippen LogP contribution in [0.4, 0.5) is 4.39 Å². The minimum absolute atomic E-state index is 0.179. The van der Waals surface area contributed by atoms with Crippen molar-refractivity contribution >= 4 is 21.5 Å². The molecule has 0 atom stereocenters. The topological polar surface area (TPSA) is 67.6 Å². The van der Waals surface area contributed by atoms with Crippen LogP contribution in [0.5, 0.6) is 0 Å². The van der Waals surface area contributed by atoms with Crippen LogP contribution < -0.4 is 0 Å². The molecule has 2 heterocycles. The maximum Gasteiger partial charge on any atom is 0.281 e. The van der Waals surface area contributed by atoms with E-state index in [0.717, 1.165) is 16.3 Å². The third kappa shape index (κ3) is 4.77. The molecule has 3 rings (SSSR count). The van der Waals surface area contributed by atoms with Crippen molar-refractivity contribution in [2.45, 2.75) is 13.0 Å². The summed E-state index contributed by atoms with van der Waals surface area (Å²) in [6.45, 7) is 3.04. The van der Waals surface area contributed by atoms with Crippen molar-refractivity contribution < 1.29 is 12.8 Å². The molecule has 0 bridgehead atoms. The van der Waals surface area contributed by atoms with Crippen molar-refractivity contribution in [2.75, 3.05) is 39.8 Å². The predicted octanol–water partition coefficient (Wildman–Crippen LogP) is 2.76. The molecule has 1 aromatic heterocycles. The van der Waals surface area contributed by atoms with Gasteiger partial charge in [0.05, 0.1) is 6.07 Å². The fraction of sp³-hybridized carbons (Fsp3) is 0.421. The summed E-state index contributed by atoms with van der Waals surface area (Å²) in [5, 5.41) is 8.64. The smallest absolute Gasteiger partial charge is 0.281 e. The Morgan fingerprint density at radius 3 is 2.57 bits per heavy atom. The van der Waals surface area contributed by atoms with Crippen LogP contribution in [0.15, 0.2) is 36.4 Å². The van der Waals surface area contributed by atoms with Crippen molar-refractivity contribution in [3.63, 3.8) is 0 Å². The second kappa shape index (κ2) is 9.11. The van der Waals surface area contributed by atoms with E-state index in [9.17, 15) is 12.8 Å². The Labute approximate surface area is 169 Å². The van der Waals surface area contributed by atoms with E-state index in [2.05, 4.69) is 4.90 Å². The van der Waals surface area contributed by atoms with Crippen molar-refractivity contribution in [1.29, 1.82) is 5.26 Å². The van der Waals surface area contributed by atoms with E-state index in [0.29, 0.717) is 31.7 Å². The highest BCUT2D eigenvalue weighted by Crippen LogP contribution is 2.30. The molecule has 0 unspecified atom stereocenters. The van der Waals surface area contributed by atoms with Gasteiger partial charge in [0.15, 0.2) is 0 Å². The van der Waals surface area contributed by atoms with Gasteiger partial charge in [-0.15, -0.1) is 11.3 Å². The van der Waals surface area contributed by atoms with Crippen molar-refractivity contribution in [3.8, 4) is 16.5 Å². The summed E-state index contributed by atoms with van der Waals surface area (Å²) in [5.41, 5.74) is 0.607. The van der Waals surface area contributed by atoms with E-state index in [4.69, 9.17) is 5.26 Å². The molecule has 1 aromatic carbocycles. The number of benzene rings is 1. The van der Waals surface area contributed by atoms with E-state index in [1.165, 1.54) is 21.7 Å². The number of halogens is 1. The predicted molar refractivity (Wildman–Crippen MR) is 108 cm³/mol. The van der Waals surface area contributed by atoms with Gasteiger partial charge in [-0.2, -0.15) is 22.3 Å². The first kappa shape index (κ1) is 20.9. The second-order valence-corrected chi connectivity index (χ2v) is 9.86. The zero-order chi connectivity index (χ0) is 20.1. The average Bonchev–Trinajstić information content (AvgIpc) is 3.15. The van der Waals surface area contributed by atoms with Gasteiger partial charge in [-0.05, 0) is 18.2 Å². The molecule has 0 saturated carbocycles. The highest BCUT2D eigenvalue weighted by molar-refractivity contribution is 7.86. The molecule has 0 amide bonds. The minimum atomic E-state index is -3.52. The van der Waals surface area contributed by atoms with E-state index in [1.54, 1.807) is 23.5 Å². The van der Waals surface area contributed by atoms with E-state index >= 15 is 0 Å². The van der Waals surface area contributed by atoms with Crippen LogP contribution in [0.1, 0.15) is 11.3 Å². The fourth-order valence-electron chi connectivity index (χ4n) is 3.13. The summed E-state index contributed by atoms with van der Waals surface area (Å²) < 4.78 is 41.7. The molecule has 150 valence electrons. The van der Waals surface area contributed by atoms with Crippen molar-refractivity contribution in [2.24, 2.45) is 0 Å². The van der Waals surface area contributed by atoms with Crippen molar-refractivity contribution in [3.05, 3.63) is 47.1 Å². The first-order valence-electron chi connectivity index (χ1n) is 9.06. The summed E-state index contributed by atoms with van der Waals surface area (Å²) in [6, 6.07) is 12.6. The van der Waals surface area contributed by atoms with Gasteiger partial charge in [0.2, 0.25) is 0 Å². The standard InChI is InChI=1S/C19H23FN4O2S2/c1-22(10-4-9-21)28(25,26)24-13-11-23(12-14-24)15-16-7-8-19(27-16)17-5-2-3-6-18(17)20/h2-3,5-8H,4,10-15H2,1H3. The number of hydrogen-bond donors (Lipinski definition) is 0. The van der Waals surface area contributed by atoms with Gasteiger partial charge in [0.25, 0.3) is 10.2 Å². The molecule has 0 aliphatic carbocycles. The molecule has 0 spiro atoms. The maximum atomic E-state index is 14.0. The van der Waals surface area contributed by atoms with Crippen LogP contribution >= 0.6 is 11.3 Å². The Morgan fingerprint density at radius 2 is 1.89 bits per heavy atom. The lowest BCUT2D eigenvalue weighted by molar-refractivity contribution is 0.177. The Balaban J connectivity index is 1.57. The summed E-state index contributed by atoms with van der Waals surface area (Å²) in [5.74, 6) is -0.227. The van der Waals surface area contributed by atoms with Gasteiger partial charge >= 0.3 is 0 Å². The van der Waals surface area contributed by atoms with Crippen LogP contribution in [0.2, 0.25) is 0 Å². The number of thiophene rings is 1. The number of nitriles is 1. The Bertz CT molecular complexity index is 947. The van der Waals surface area contributed by atoms with Gasteiger partial charge in [0, 0.05) is 68.1 Å². The van der Waals surface area contributed by atoms with Gasteiger partial charge in [0.1, 0.15) is 5.82 Å². The zero-order valence-corrected chi connectivity index (χ0v) is 17.3. The molecule has 1 aliphatic heterocycles. The maximum absolute atomic E-state index is 14.0. The highest BCUT2D eigenvalue weighted by atomic mass is 32.2. The SMILES string of the molecule is CN(CCC#N)S(=O)(=O)N1CCN(Cc2ccc(-c3ccccc3F)s2)CC1. The molecule has 9 heteroatoms. The zero-order valence-electron chi connectivity index (χ0n) is 15.7. The van der Waals surface area contributed by atoms with Crippen LogP contribution in [-0.4, -0.2) is 61.7 Å². The first-order chi connectivity index (χ1) is 13.4. The van der Waals surface area contributed by atoms with E-state index < -0.39 is 10.2 Å². The number of rotatable bonds is 7. The van der Waals surface area contributed by atoms with Gasteiger partial charge in [-0.3, -0.25) is 4.90 Å². The van der Waals surface area contributed by atoms with E-state index in [1.807, 2.05) is 24.3 Å². The molecule has 28 heavy (non-hydrogen) atoms. The van der Waals surface area contributed by atoms with Crippen LogP contribution in [0, 0.1) is 17.1 Å². The molecule has 1 fully saturated rings. The molecule has 0 radical (unpaired) electrons. The Morgan fingerprint density at radius 1 is 1.18 bits per heavy atom. The Kier molecular flexibility index (Phi) is 6.80. The molecule has 6 nitrogen and oxygen atoms in total. The summed E-state index contributed by atoms with van der Waals surface area (Å²) in [6.07, 6.45) is 0.179. The molecular weight excluding hydrogens is 399 g/mol. The number of piperazine rings is 1. The van der Waals surface area contributed by atoms with Crippen LogP contribution in [0.3, 0.4) is 0 Å². The molecular formula is C19H23FN4O2S2. The quantitative estimate of drug-likeness (QED) is 0.688. The average molecular weight is 423 g/mol. The van der Waals surface area contributed by atoms with E-state index in [-0.39, 0.29) is 18.8 Å². The minimum Gasteiger partial charge on any atom is -0.296 e. The highest BCUT2D eigenvalue weighted by Gasteiger charge is 2.30. The van der Waals surface area contributed by atoms with Gasteiger partial charge in [-0.1, -0.05) is 18.2 Å². The van der Waals surface area contributed by atoms with Gasteiger partial charge < -0.3 is 0 Å². The number of nitrogens with zero attached hydrogens (tertiary/aromatic N) is 4. The summed E-state index contributed by atoms with van der Waals surface area (Å²) in [4.78, 5) is 4.23.